The number of piperazine rings is 1. The number of hydrogen-bond donors (Lipinski definition) is 2. The van der Waals surface area contributed by atoms with E-state index in [-0.39, 0.29) is 30.3 Å². The van der Waals surface area contributed by atoms with Gasteiger partial charge in [-0.15, -0.1) is 0 Å². The van der Waals surface area contributed by atoms with Crippen molar-refractivity contribution in [3.8, 4) is 0 Å². The molecule has 3 atom stereocenters. The summed E-state index contributed by atoms with van der Waals surface area (Å²) in [7, 11) is 0. The SMILES string of the molecule is O=C(C[C@@H]1C(=O)N[C@H]2CCCC[C@@H]2N1C(=O)c1ccccc1)Nc1cc(Cl)cc(Cl)c1. The predicted molar refractivity (Wildman–Crippen MR) is 120 cm³/mol. The third-order valence-corrected chi connectivity index (χ3v) is 6.27. The Hall–Kier alpha value is -2.57. The van der Waals surface area contributed by atoms with Gasteiger partial charge in [-0.2, -0.15) is 0 Å². The standard InChI is InChI=1S/C23H23Cl2N3O3/c24-15-10-16(25)12-17(11-15)26-21(29)13-20-22(30)27-18-8-4-5-9-19(18)28(20)23(31)14-6-2-1-3-7-14/h1-3,6-7,10-12,18-20H,4-5,8-9,13H2,(H,26,29)(H,27,30)/t18-,19-,20+/m0/s1. The maximum Gasteiger partial charge on any atom is 0.254 e. The van der Waals surface area contributed by atoms with E-state index in [4.69, 9.17) is 23.2 Å². The van der Waals surface area contributed by atoms with E-state index < -0.39 is 11.9 Å². The average Bonchev–Trinajstić information content (AvgIpc) is 2.73. The lowest BCUT2D eigenvalue weighted by Crippen LogP contribution is -2.68. The number of nitrogens with zero attached hydrogens (tertiary/aromatic N) is 1. The second-order valence-corrected chi connectivity index (χ2v) is 8.84. The van der Waals surface area contributed by atoms with Crippen LogP contribution < -0.4 is 10.6 Å². The van der Waals surface area contributed by atoms with Gasteiger partial charge in [0.25, 0.3) is 5.91 Å². The highest BCUT2D eigenvalue weighted by molar-refractivity contribution is 6.35. The largest absolute Gasteiger partial charge is 0.349 e. The van der Waals surface area contributed by atoms with Crippen molar-refractivity contribution in [2.45, 2.75) is 50.2 Å². The highest BCUT2D eigenvalue weighted by Gasteiger charge is 2.46. The third kappa shape index (κ3) is 4.86. The maximum atomic E-state index is 13.4. The quantitative estimate of drug-likeness (QED) is 0.715. The summed E-state index contributed by atoms with van der Waals surface area (Å²) in [6.07, 6.45) is 3.46. The minimum atomic E-state index is -0.887. The zero-order valence-electron chi connectivity index (χ0n) is 16.8. The highest BCUT2D eigenvalue weighted by atomic mass is 35.5. The summed E-state index contributed by atoms with van der Waals surface area (Å²) in [4.78, 5) is 40.8. The van der Waals surface area contributed by atoms with E-state index in [9.17, 15) is 14.4 Å². The highest BCUT2D eigenvalue weighted by Crippen LogP contribution is 2.31. The maximum absolute atomic E-state index is 13.4. The van der Waals surface area contributed by atoms with Gasteiger partial charge in [-0.25, -0.2) is 0 Å². The van der Waals surface area contributed by atoms with Crippen molar-refractivity contribution in [1.29, 1.82) is 0 Å². The Labute approximate surface area is 190 Å². The van der Waals surface area contributed by atoms with Crippen molar-refractivity contribution in [2.24, 2.45) is 0 Å². The Morgan fingerprint density at radius 1 is 1.03 bits per heavy atom. The summed E-state index contributed by atoms with van der Waals surface area (Å²) in [5, 5.41) is 6.56. The minimum absolute atomic E-state index is 0.0834. The molecular weight excluding hydrogens is 437 g/mol. The lowest BCUT2D eigenvalue weighted by Gasteiger charge is -2.48. The van der Waals surface area contributed by atoms with E-state index in [1.807, 2.05) is 6.07 Å². The van der Waals surface area contributed by atoms with Gasteiger partial charge in [0.05, 0.1) is 12.5 Å². The normalized spacial score (nSPS) is 23.0. The molecule has 162 valence electrons. The first kappa shape index (κ1) is 21.7. The van der Waals surface area contributed by atoms with Crippen LogP contribution in [0.2, 0.25) is 10.0 Å². The van der Waals surface area contributed by atoms with Crippen LogP contribution in [0.4, 0.5) is 5.69 Å². The molecule has 31 heavy (non-hydrogen) atoms. The molecule has 2 fully saturated rings. The summed E-state index contributed by atoms with van der Waals surface area (Å²) in [5.41, 5.74) is 0.948. The second-order valence-electron chi connectivity index (χ2n) is 7.97. The molecule has 0 spiro atoms. The van der Waals surface area contributed by atoms with Crippen LogP contribution in [0.3, 0.4) is 0 Å². The van der Waals surface area contributed by atoms with Gasteiger partial charge < -0.3 is 15.5 Å². The van der Waals surface area contributed by atoms with Gasteiger partial charge in [0.1, 0.15) is 6.04 Å². The fourth-order valence-electron chi connectivity index (χ4n) is 4.48. The molecule has 2 N–H and O–H groups in total. The number of nitrogens with one attached hydrogen (secondary N) is 2. The Bertz CT molecular complexity index is 979. The van der Waals surface area contributed by atoms with Crippen LogP contribution in [0.1, 0.15) is 42.5 Å². The van der Waals surface area contributed by atoms with Gasteiger partial charge in [0.2, 0.25) is 11.8 Å². The molecule has 1 saturated heterocycles. The van der Waals surface area contributed by atoms with Crippen molar-refractivity contribution in [3.63, 3.8) is 0 Å². The van der Waals surface area contributed by atoms with Crippen LogP contribution in [-0.2, 0) is 9.59 Å². The topological polar surface area (TPSA) is 78.5 Å². The van der Waals surface area contributed by atoms with Crippen LogP contribution in [-0.4, -0.2) is 40.7 Å². The summed E-state index contributed by atoms with van der Waals surface area (Å²) in [6, 6.07) is 12.5. The fraction of sp³-hybridized carbons (Fsp3) is 0.348. The van der Waals surface area contributed by atoms with Crippen LogP contribution in [0.5, 0.6) is 0 Å². The lowest BCUT2D eigenvalue weighted by molar-refractivity contribution is -0.135. The molecule has 2 aromatic rings. The van der Waals surface area contributed by atoms with E-state index in [1.54, 1.807) is 47.4 Å². The average molecular weight is 460 g/mol. The number of benzene rings is 2. The van der Waals surface area contributed by atoms with Crippen LogP contribution >= 0.6 is 23.2 Å². The Morgan fingerprint density at radius 3 is 2.42 bits per heavy atom. The smallest absolute Gasteiger partial charge is 0.254 e. The van der Waals surface area contributed by atoms with Crippen molar-refractivity contribution < 1.29 is 14.4 Å². The van der Waals surface area contributed by atoms with Crippen molar-refractivity contribution in [1.82, 2.24) is 10.2 Å². The molecule has 0 radical (unpaired) electrons. The minimum Gasteiger partial charge on any atom is -0.349 e. The molecule has 2 aliphatic rings. The molecule has 1 heterocycles. The molecule has 0 aromatic heterocycles. The number of carbonyl (C=O) groups is 3. The number of rotatable bonds is 4. The third-order valence-electron chi connectivity index (χ3n) is 5.83. The molecule has 8 heteroatoms. The van der Waals surface area contributed by atoms with Gasteiger partial charge in [-0.1, -0.05) is 54.2 Å². The first-order valence-electron chi connectivity index (χ1n) is 10.4. The van der Waals surface area contributed by atoms with E-state index in [0.29, 0.717) is 21.3 Å². The molecule has 4 rings (SSSR count). The number of fused-ring (bicyclic) bond motifs is 1. The summed E-state index contributed by atoms with van der Waals surface area (Å²) in [6.45, 7) is 0. The van der Waals surface area contributed by atoms with E-state index in [2.05, 4.69) is 10.6 Å². The zero-order chi connectivity index (χ0) is 22.0. The van der Waals surface area contributed by atoms with E-state index in [0.717, 1.165) is 25.7 Å². The predicted octanol–water partition coefficient (Wildman–Crippen LogP) is 4.27. The molecular formula is C23H23Cl2N3O3. The van der Waals surface area contributed by atoms with Crippen molar-refractivity contribution in [3.05, 3.63) is 64.1 Å². The van der Waals surface area contributed by atoms with Crippen molar-refractivity contribution >= 4 is 46.6 Å². The molecule has 1 saturated carbocycles. The Balaban J connectivity index is 1.59. The second kappa shape index (κ2) is 9.28. The van der Waals surface area contributed by atoms with Crippen LogP contribution in [0.15, 0.2) is 48.5 Å². The number of hydrogen-bond acceptors (Lipinski definition) is 3. The molecule has 2 aromatic carbocycles. The summed E-state index contributed by atoms with van der Waals surface area (Å²) >= 11 is 12.0. The molecule has 6 nitrogen and oxygen atoms in total. The van der Waals surface area contributed by atoms with E-state index in [1.165, 1.54) is 0 Å². The van der Waals surface area contributed by atoms with Gasteiger partial charge in [-0.3, -0.25) is 14.4 Å². The molecule has 1 aliphatic heterocycles. The van der Waals surface area contributed by atoms with Gasteiger partial charge in [0.15, 0.2) is 0 Å². The lowest BCUT2D eigenvalue weighted by atomic mass is 9.84. The number of amides is 3. The fourth-order valence-corrected chi connectivity index (χ4v) is 5.00. The summed E-state index contributed by atoms with van der Waals surface area (Å²) in [5.74, 6) is -0.915. The monoisotopic (exact) mass is 459 g/mol. The molecule has 0 unspecified atom stereocenters. The Morgan fingerprint density at radius 2 is 1.71 bits per heavy atom. The number of anilines is 1. The first-order chi connectivity index (χ1) is 14.9. The first-order valence-corrected chi connectivity index (χ1v) is 11.1. The Kier molecular flexibility index (Phi) is 6.49. The number of carbonyl (C=O) groups excluding carboxylic acids is 3. The van der Waals surface area contributed by atoms with Crippen LogP contribution in [0.25, 0.3) is 0 Å². The van der Waals surface area contributed by atoms with Crippen LogP contribution in [0, 0.1) is 0 Å². The van der Waals surface area contributed by atoms with Gasteiger partial charge in [-0.05, 0) is 43.2 Å². The molecule has 0 bridgehead atoms. The zero-order valence-corrected chi connectivity index (χ0v) is 18.3. The van der Waals surface area contributed by atoms with Gasteiger partial charge >= 0.3 is 0 Å². The summed E-state index contributed by atoms with van der Waals surface area (Å²) < 4.78 is 0. The number of halogens is 2. The van der Waals surface area contributed by atoms with Crippen molar-refractivity contribution in [2.75, 3.05) is 5.32 Å². The van der Waals surface area contributed by atoms with E-state index >= 15 is 0 Å². The molecule has 1 aliphatic carbocycles. The molecule has 3 amide bonds. The van der Waals surface area contributed by atoms with Gasteiger partial charge in [0, 0.05) is 27.3 Å².